The van der Waals surface area contributed by atoms with E-state index in [4.69, 9.17) is 14.2 Å². The first-order valence-corrected chi connectivity index (χ1v) is 10.7. The highest BCUT2D eigenvalue weighted by Crippen LogP contribution is 2.32. The summed E-state index contributed by atoms with van der Waals surface area (Å²) in [6.45, 7) is 2.37. The summed E-state index contributed by atoms with van der Waals surface area (Å²) in [6.07, 6.45) is 1.30. The van der Waals surface area contributed by atoms with E-state index in [0.29, 0.717) is 24.7 Å². The fourth-order valence-corrected chi connectivity index (χ4v) is 3.66. The maximum Gasteiger partial charge on any atom is 0.306 e. The van der Waals surface area contributed by atoms with Gasteiger partial charge in [0.2, 0.25) is 10.0 Å². The molecule has 1 saturated carbocycles. The number of rotatable bonds is 9. The number of amides is 1. The Morgan fingerprint density at radius 3 is 2.64 bits per heavy atom. The van der Waals surface area contributed by atoms with E-state index in [2.05, 4.69) is 10.0 Å². The van der Waals surface area contributed by atoms with Gasteiger partial charge in [-0.2, -0.15) is 0 Å². The Bertz CT molecular complexity index is 836. The Kier molecular flexibility index (Phi) is 6.40. The highest BCUT2D eigenvalue weighted by atomic mass is 32.2. The Hall–Kier alpha value is -2.33. The maximum atomic E-state index is 12.4. The topological polar surface area (TPSA) is 120 Å². The third-order valence-corrected chi connectivity index (χ3v) is 5.73. The van der Waals surface area contributed by atoms with Crippen molar-refractivity contribution in [2.24, 2.45) is 0 Å². The lowest BCUT2D eigenvalue weighted by atomic mass is 10.3. The average Bonchev–Trinajstić information content (AvgIpc) is 3.48. The van der Waals surface area contributed by atoms with E-state index < -0.39 is 22.1 Å². The number of carbonyl (C=O) groups is 2. The van der Waals surface area contributed by atoms with E-state index in [1.807, 2.05) is 0 Å². The number of hydrogen-bond acceptors (Lipinski definition) is 7. The first-order chi connectivity index (χ1) is 13.3. The molecule has 2 aliphatic rings. The molecule has 0 radical (unpaired) electrons. The van der Waals surface area contributed by atoms with Gasteiger partial charge in [0.1, 0.15) is 13.2 Å². The van der Waals surface area contributed by atoms with Crippen molar-refractivity contribution in [2.75, 3.05) is 19.8 Å². The second kappa shape index (κ2) is 8.78. The monoisotopic (exact) mass is 412 g/mol. The Labute approximate surface area is 163 Å². The predicted molar refractivity (Wildman–Crippen MR) is 98.6 cm³/mol. The second-order valence-corrected chi connectivity index (χ2v) is 8.49. The van der Waals surface area contributed by atoms with E-state index in [9.17, 15) is 18.0 Å². The van der Waals surface area contributed by atoms with Gasteiger partial charge in [-0.3, -0.25) is 9.59 Å². The van der Waals surface area contributed by atoms with Crippen LogP contribution in [0.4, 0.5) is 0 Å². The van der Waals surface area contributed by atoms with Crippen LogP contribution in [0.5, 0.6) is 11.5 Å². The summed E-state index contributed by atoms with van der Waals surface area (Å²) in [7, 11) is -3.74. The second-order valence-electron chi connectivity index (χ2n) is 6.72. The molecule has 1 aliphatic heterocycles. The fraction of sp³-hybridized carbons (Fsp3) is 0.556. The molecule has 1 amide bonds. The summed E-state index contributed by atoms with van der Waals surface area (Å²) in [5.74, 6) is 0.0380. The van der Waals surface area contributed by atoms with E-state index in [-0.39, 0.29) is 36.2 Å². The van der Waals surface area contributed by atoms with Crippen LogP contribution < -0.4 is 19.5 Å². The minimum Gasteiger partial charge on any atom is -0.486 e. The number of carbonyl (C=O) groups excluding carboxylic acids is 2. The molecule has 0 spiro atoms. The molecule has 1 heterocycles. The van der Waals surface area contributed by atoms with E-state index in [0.717, 1.165) is 12.8 Å². The molecular weight excluding hydrogens is 388 g/mol. The van der Waals surface area contributed by atoms with Crippen LogP contribution in [-0.2, 0) is 24.3 Å². The average molecular weight is 412 g/mol. The fourth-order valence-electron chi connectivity index (χ4n) is 2.57. The Morgan fingerprint density at radius 1 is 1.21 bits per heavy atom. The van der Waals surface area contributed by atoms with Crippen molar-refractivity contribution in [3.05, 3.63) is 18.2 Å². The molecule has 0 bridgehead atoms. The summed E-state index contributed by atoms with van der Waals surface area (Å²) in [4.78, 5) is 23.6. The molecule has 0 aromatic heterocycles. The van der Waals surface area contributed by atoms with Crippen LogP contribution in [0.25, 0.3) is 0 Å². The van der Waals surface area contributed by atoms with Crippen molar-refractivity contribution in [2.45, 2.75) is 49.6 Å². The SMILES string of the molecule is C[C@@H](OC(=O)CCCNS(=O)(=O)c1ccc2c(c1)OCCO2)C(=O)NC1CC1. The molecule has 10 heteroatoms. The molecule has 28 heavy (non-hydrogen) atoms. The highest BCUT2D eigenvalue weighted by molar-refractivity contribution is 7.89. The van der Waals surface area contributed by atoms with Crippen LogP contribution in [0.2, 0.25) is 0 Å². The molecule has 0 unspecified atom stereocenters. The van der Waals surface area contributed by atoms with E-state index >= 15 is 0 Å². The van der Waals surface area contributed by atoms with Crippen LogP contribution in [0.3, 0.4) is 0 Å². The molecule has 1 aromatic carbocycles. The molecule has 1 fully saturated rings. The third kappa shape index (κ3) is 5.59. The minimum absolute atomic E-state index is 0.00467. The van der Waals surface area contributed by atoms with Gasteiger partial charge in [0.25, 0.3) is 5.91 Å². The van der Waals surface area contributed by atoms with Crippen molar-refractivity contribution < 1.29 is 32.2 Å². The van der Waals surface area contributed by atoms with Crippen LogP contribution in [-0.4, -0.2) is 52.2 Å². The summed E-state index contributed by atoms with van der Waals surface area (Å²) in [6, 6.07) is 4.59. The number of ether oxygens (including phenoxy) is 3. The van der Waals surface area contributed by atoms with Crippen molar-refractivity contribution in [1.29, 1.82) is 0 Å². The number of sulfonamides is 1. The number of fused-ring (bicyclic) bond motifs is 1. The van der Waals surface area contributed by atoms with Gasteiger partial charge in [0, 0.05) is 25.1 Å². The van der Waals surface area contributed by atoms with Crippen LogP contribution in [0.1, 0.15) is 32.6 Å². The lowest BCUT2D eigenvalue weighted by molar-refractivity contribution is -0.154. The van der Waals surface area contributed by atoms with Crippen molar-refractivity contribution in [1.82, 2.24) is 10.0 Å². The van der Waals surface area contributed by atoms with Gasteiger partial charge in [-0.05, 0) is 38.3 Å². The lowest BCUT2D eigenvalue weighted by Gasteiger charge is -2.19. The Balaban J connectivity index is 1.41. The molecule has 154 valence electrons. The van der Waals surface area contributed by atoms with Gasteiger partial charge in [-0.1, -0.05) is 0 Å². The molecule has 2 N–H and O–H groups in total. The molecule has 0 saturated heterocycles. The third-order valence-electron chi connectivity index (χ3n) is 4.27. The number of benzene rings is 1. The molecule has 1 atom stereocenters. The number of hydrogen-bond donors (Lipinski definition) is 2. The van der Waals surface area contributed by atoms with E-state index in [1.54, 1.807) is 6.07 Å². The molecule has 3 rings (SSSR count). The minimum atomic E-state index is -3.74. The summed E-state index contributed by atoms with van der Waals surface area (Å²) in [5, 5.41) is 2.76. The van der Waals surface area contributed by atoms with Gasteiger partial charge >= 0.3 is 5.97 Å². The predicted octanol–water partition coefficient (Wildman–Crippen LogP) is 0.727. The number of nitrogens with one attached hydrogen (secondary N) is 2. The van der Waals surface area contributed by atoms with Crippen LogP contribution in [0.15, 0.2) is 23.1 Å². The lowest BCUT2D eigenvalue weighted by Crippen LogP contribution is -2.37. The van der Waals surface area contributed by atoms with Crippen LogP contribution >= 0.6 is 0 Å². The zero-order chi connectivity index (χ0) is 20.1. The van der Waals surface area contributed by atoms with Crippen molar-refractivity contribution in [3.8, 4) is 11.5 Å². The summed E-state index contributed by atoms with van der Waals surface area (Å²) in [5.41, 5.74) is 0. The van der Waals surface area contributed by atoms with E-state index in [1.165, 1.54) is 19.1 Å². The van der Waals surface area contributed by atoms with Gasteiger partial charge < -0.3 is 19.5 Å². The smallest absolute Gasteiger partial charge is 0.306 e. The Morgan fingerprint density at radius 2 is 1.93 bits per heavy atom. The largest absolute Gasteiger partial charge is 0.486 e. The number of esters is 1. The van der Waals surface area contributed by atoms with Gasteiger partial charge in [-0.15, -0.1) is 0 Å². The van der Waals surface area contributed by atoms with Crippen molar-refractivity contribution in [3.63, 3.8) is 0 Å². The quantitative estimate of drug-likeness (QED) is 0.453. The standard InChI is InChI=1S/C18H24N2O7S/c1-12(18(22)20-13-4-5-13)27-17(21)3-2-8-19-28(23,24)14-6-7-15-16(11-14)26-10-9-25-15/h6-7,11-13,19H,2-5,8-10H2,1H3,(H,20,22)/t12-/m1/s1. The first kappa shape index (κ1) is 20.4. The van der Waals surface area contributed by atoms with Gasteiger partial charge in [0.15, 0.2) is 17.6 Å². The summed E-state index contributed by atoms with van der Waals surface area (Å²) >= 11 is 0. The molecule has 1 aliphatic carbocycles. The van der Waals surface area contributed by atoms with Gasteiger partial charge in [-0.25, -0.2) is 13.1 Å². The van der Waals surface area contributed by atoms with Crippen molar-refractivity contribution >= 4 is 21.9 Å². The first-order valence-electron chi connectivity index (χ1n) is 9.24. The maximum absolute atomic E-state index is 12.4. The molecular formula is C18H24N2O7S. The molecule has 1 aromatic rings. The zero-order valence-corrected chi connectivity index (χ0v) is 16.4. The summed E-state index contributed by atoms with van der Waals surface area (Å²) < 4.78 is 43.0. The van der Waals surface area contributed by atoms with Crippen LogP contribution in [0, 0.1) is 0 Å². The molecule has 9 nitrogen and oxygen atoms in total. The highest BCUT2D eigenvalue weighted by Gasteiger charge is 2.27. The van der Waals surface area contributed by atoms with Gasteiger partial charge in [0.05, 0.1) is 4.90 Å². The normalized spacial score (nSPS) is 16.9. The zero-order valence-electron chi connectivity index (χ0n) is 15.6.